The number of halogens is 2. The predicted octanol–water partition coefficient (Wildman–Crippen LogP) is 6.15. The smallest absolute Gasteiger partial charge is 0.129 e. The number of nitrogens with zero attached hydrogens (tertiary/aromatic N) is 1. The van der Waals surface area contributed by atoms with E-state index in [-0.39, 0.29) is 6.10 Å². The van der Waals surface area contributed by atoms with Crippen LogP contribution in [0.2, 0.25) is 0 Å². The lowest BCUT2D eigenvalue weighted by molar-refractivity contribution is 0.0235. The second-order valence-electron chi connectivity index (χ2n) is 8.22. The third kappa shape index (κ3) is 6.35. The summed E-state index contributed by atoms with van der Waals surface area (Å²) >= 11 is 0. The maximum absolute atomic E-state index is 13.9. The van der Waals surface area contributed by atoms with Gasteiger partial charge in [-0.25, -0.2) is 8.78 Å². The molecule has 0 N–H and O–H groups in total. The highest BCUT2D eigenvalue weighted by Gasteiger charge is 2.21. The number of benzene rings is 2. The summed E-state index contributed by atoms with van der Waals surface area (Å²) in [6.45, 7) is 8.01. The summed E-state index contributed by atoms with van der Waals surface area (Å²) < 4.78 is 33.3. The highest BCUT2D eigenvalue weighted by atomic mass is 19.1. The van der Waals surface area contributed by atoms with Crippen molar-refractivity contribution in [3.05, 3.63) is 70.3 Å². The van der Waals surface area contributed by atoms with Gasteiger partial charge in [0.05, 0.1) is 6.10 Å². The van der Waals surface area contributed by atoms with Crippen molar-refractivity contribution in [2.24, 2.45) is 0 Å². The third-order valence-electron chi connectivity index (χ3n) is 5.91. The first kappa shape index (κ1) is 21.9. The Morgan fingerprint density at radius 3 is 2.31 bits per heavy atom. The van der Waals surface area contributed by atoms with Gasteiger partial charge in [-0.05, 0) is 80.9 Å². The Morgan fingerprint density at radius 1 is 0.966 bits per heavy atom. The zero-order chi connectivity index (χ0) is 20.6. The van der Waals surface area contributed by atoms with E-state index in [1.807, 2.05) is 0 Å². The van der Waals surface area contributed by atoms with Crippen LogP contribution in [0.25, 0.3) is 0 Å². The van der Waals surface area contributed by atoms with E-state index < -0.39 is 11.6 Å². The molecule has 1 aliphatic rings. The molecule has 0 spiro atoms. The molecular formula is C25H33F2NO. The lowest BCUT2D eigenvalue weighted by atomic mass is 9.97. The van der Waals surface area contributed by atoms with Gasteiger partial charge in [-0.1, -0.05) is 37.1 Å². The van der Waals surface area contributed by atoms with Gasteiger partial charge in [0, 0.05) is 19.2 Å². The van der Waals surface area contributed by atoms with Gasteiger partial charge >= 0.3 is 0 Å². The van der Waals surface area contributed by atoms with Crippen molar-refractivity contribution in [3.63, 3.8) is 0 Å². The van der Waals surface area contributed by atoms with Gasteiger partial charge in [-0.15, -0.1) is 0 Å². The van der Waals surface area contributed by atoms with Crippen molar-refractivity contribution in [1.82, 2.24) is 4.90 Å². The van der Waals surface area contributed by atoms with E-state index in [2.05, 4.69) is 36.9 Å². The zero-order valence-electron chi connectivity index (χ0n) is 17.7. The van der Waals surface area contributed by atoms with Crippen LogP contribution in [0.5, 0.6) is 0 Å². The number of hydrogen-bond acceptors (Lipinski definition) is 2. The number of likely N-dealkylation sites (tertiary alicyclic amines) is 1. The SMILES string of the molecule is Cc1cccc(C)c1C(CN1CCCCCC1)OCCCc1ccc(F)cc1F. The van der Waals surface area contributed by atoms with Crippen molar-refractivity contribution < 1.29 is 13.5 Å². The van der Waals surface area contributed by atoms with Crippen LogP contribution in [0.15, 0.2) is 36.4 Å². The van der Waals surface area contributed by atoms with E-state index in [9.17, 15) is 8.78 Å². The molecule has 0 radical (unpaired) electrons. The number of ether oxygens (including phenoxy) is 1. The fourth-order valence-electron chi connectivity index (χ4n) is 4.33. The molecule has 3 rings (SSSR count). The average molecular weight is 402 g/mol. The van der Waals surface area contributed by atoms with Gasteiger partial charge in [0.15, 0.2) is 0 Å². The summed E-state index contributed by atoms with van der Waals surface area (Å²) in [5.41, 5.74) is 4.35. The summed E-state index contributed by atoms with van der Waals surface area (Å²) in [5, 5.41) is 0. The van der Waals surface area contributed by atoms with E-state index in [0.717, 1.165) is 25.7 Å². The molecule has 1 unspecified atom stereocenters. The molecule has 1 saturated heterocycles. The van der Waals surface area contributed by atoms with Crippen molar-refractivity contribution in [3.8, 4) is 0 Å². The highest BCUT2D eigenvalue weighted by Crippen LogP contribution is 2.27. The summed E-state index contributed by atoms with van der Waals surface area (Å²) in [5.74, 6) is -1.00. The number of hydrogen-bond donors (Lipinski definition) is 0. The Balaban J connectivity index is 1.64. The van der Waals surface area contributed by atoms with Crippen molar-refractivity contribution in [1.29, 1.82) is 0 Å². The second kappa shape index (κ2) is 10.8. The summed E-state index contributed by atoms with van der Waals surface area (Å²) in [4.78, 5) is 2.53. The molecule has 2 nitrogen and oxygen atoms in total. The van der Waals surface area contributed by atoms with Crippen LogP contribution in [-0.4, -0.2) is 31.1 Å². The summed E-state index contributed by atoms with van der Waals surface area (Å²) in [6.07, 6.45) is 6.42. The summed E-state index contributed by atoms with van der Waals surface area (Å²) in [6, 6.07) is 10.2. The number of aryl methyl sites for hydroxylation is 3. The molecule has 0 aromatic heterocycles. The van der Waals surface area contributed by atoms with Crippen molar-refractivity contribution in [2.75, 3.05) is 26.2 Å². The monoisotopic (exact) mass is 401 g/mol. The first-order valence-corrected chi connectivity index (χ1v) is 10.9. The Bertz CT molecular complexity index is 764. The topological polar surface area (TPSA) is 12.5 Å². The molecule has 1 atom stereocenters. The van der Waals surface area contributed by atoms with E-state index in [1.54, 1.807) is 0 Å². The second-order valence-corrected chi connectivity index (χ2v) is 8.22. The molecule has 0 aliphatic carbocycles. The largest absolute Gasteiger partial charge is 0.372 e. The molecule has 0 amide bonds. The lowest BCUT2D eigenvalue weighted by Crippen LogP contribution is -2.31. The molecule has 1 fully saturated rings. The zero-order valence-corrected chi connectivity index (χ0v) is 17.7. The van der Waals surface area contributed by atoms with Crippen LogP contribution in [0, 0.1) is 25.5 Å². The Hall–Kier alpha value is -1.78. The van der Waals surface area contributed by atoms with Crippen molar-refractivity contribution >= 4 is 0 Å². The van der Waals surface area contributed by atoms with Crippen LogP contribution in [0.1, 0.15) is 60.5 Å². The first-order valence-electron chi connectivity index (χ1n) is 10.9. The molecule has 29 heavy (non-hydrogen) atoms. The van der Waals surface area contributed by atoms with Gasteiger partial charge in [0.1, 0.15) is 11.6 Å². The molecule has 158 valence electrons. The Labute approximate surface area is 173 Å². The molecule has 0 bridgehead atoms. The maximum Gasteiger partial charge on any atom is 0.129 e. The average Bonchev–Trinajstić information content (AvgIpc) is 2.95. The minimum absolute atomic E-state index is 0.0207. The normalized spacial score (nSPS) is 16.6. The molecule has 1 heterocycles. The molecular weight excluding hydrogens is 368 g/mol. The van der Waals surface area contributed by atoms with E-state index in [4.69, 9.17) is 4.74 Å². The fraction of sp³-hybridized carbons (Fsp3) is 0.520. The highest BCUT2D eigenvalue weighted by molar-refractivity contribution is 5.35. The lowest BCUT2D eigenvalue weighted by Gasteiger charge is -2.29. The molecule has 0 saturated carbocycles. The Kier molecular flexibility index (Phi) is 8.19. The van der Waals surface area contributed by atoms with Gasteiger partial charge in [0.2, 0.25) is 0 Å². The number of rotatable bonds is 8. The van der Waals surface area contributed by atoms with Crippen LogP contribution >= 0.6 is 0 Å². The van der Waals surface area contributed by atoms with Gasteiger partial charge in [-0.3, -0.25) is 0 Å². The first-order chi connectivity index (χ1) is 14.0. The fourth-order valence-corrected chi connectivity index (χ4v) is 4.33. The van der Waals surface area contributed by atoms with Gasteiger partial charge in [-0.2, -0.15) is 0 Å². The van der Waals surface area contributed by atoms with Gasteiger partial charge in [0.25, 0.3) is 0 Å². The van der Waals surface area contributed by atoms with Crippen LogP contribution in [-0.2, 0) is 11.2 Å². The van der Waals surface area contributed by atoms with Gasteiger partial charge < -0.3 is 9.64 Å². The minimum Gasteiger partial charge on any atom is -0.372 e. The molecule has 2 aromatic carbocycles. The predicted molar refractivity (Wildman–Crippen MR) is 114 cm³/mol. The van der Waals surface area contributed by atoms with E-state index in [1.165, 1.54) is 54.5 Å². The minimum atomic E-state index is -0.532. The molecule has 2 aromatic rings. The standard InChI is InChI=1S/C25H33F2NO/c1-19-9-7-10-20(2)25(19)24(18-28-14-5-3-4-6-15-28)29-16-8-11-21-12-13-22(26)17-23(21)27/h7,9-10,12-13,17,24H,3-6,8,11,14-16,18H2,1-2H3. The summed E-state index contributed by atoms with van der Waals surface area (Å²) in [7, 11) is 0. The van der Waals surface area contributed by atoms with Crippen LogP contribution in [0.4, 0.5) is 8.78 Å². The van der Waals surface area contributed by atoms with Crippen LogP contribution in [0.3, 0.4) is 0 Å². The molecule has 4 heteroatoms. The Morgan fingerprint density at radius 2 is 1.66 bits per heavy atom. The quantitative estimate of drug-likeness (QED) is 0.492. The van der Waals surface area contributed by atoms with E-state index >= 15 is 0 Å². The molecule has 1 aliphatic heterocycles. The van der Waals surface area contributed by atoms with E-state index in [0.29, 0.717) is 25.0 Å². The van der Waals surface area contributed by atoms with Crippen molar-refractivity contribution in [2.45, 2.75) is 58.5 Å². The third-order valence-corrected chi connectivity index (χ3v) is 5.91. The van der Waals surface area contributed by atoms with Crippen LogP contribution < -0.4 is 0 Å². The maximum atomic E-state index is 13.9.